The van der Waals surface area contributed by atoms with Crippen LogP contribution in [0.5, 0.6) is 0 Å². The Labute approximate surface area is 116 Å². The van der Waals surface area contributed by atoms with E-state index in [0.29, 0.717) is 12.2 Å². The number of carbonyl (C=O) groups excluding carboxylic acids is 1. The molecule has 0 bridgehead atoms. The molecule has 4 nitrogen and oxygen atoms in total. The second-order valence-corrected chi connectivity index (χ2v) is 6.03. The summed E-state index contributed by atoms with van der Waals surface area (Å²) in [5, 5.41) is 4.32. The summed E-state index contributed by atoms with van der Waals surface area (Å²) >= 11 is 3.51. The van der Waals surface area contributed by atoms with E-state index in [1.807, 2.05) is 14.0 Å². The smallest absolute Gasteiger partial charge is 0.141 e. The van der Waals surface area contributed by atoms with Crippen LogP contribution in [-0.4, -0.2) is 21.6 Å². The van der Waals surface area contributed by atoms with E-state index in [0.717, 1.165) is 41.5 Å². The normalized spacial score (nSPS) is 24.2. The molecule has 0 aromatic carbocycles. The van der Waals surface area contributed by atoms with Crippen molar-refractivity contribution >= 4 is 21.7 Å². The molecule has 2 atom stereocenters. The van der Waals surface area contributed by atoms with Crippen LogP contribution in [0.2, 0.25) is 0 Å². The minimum Gasteiger partial charge on any atom is -0.328 e. The van der Waals surface area contributed by atoms with Crippen LogP contribution in [0.3, 0.4) is 0 Å². The largest absolute Gasteiger partial charge is 0.328 e. The zero-order valence-corrected chi connectivity index (χ0v) is 12.5. The summed E-state index contributed by atoms with van der Waals surface area (Å²) in [6.07, 6.45) is 4.41. The van der Waals surface area contributed by atoms with Crippen LogP contribution in [0, 0.1) is 12.8 Å². The fourth-order valence-electron chi connectivity index (χ4n) is 2.70. The van der Waals surface area contributed by atoms with Crippen LogP contribution in [0.1, 0.15) is 37.1 Å². The third-order valence-corrected chi connectivity index (χ3v) is 4.80. The lowest BCUT2D eigenvalue weighted by molar-refractivity contribution is -0.123. The first kappa shape index (κ1) is 13.7. The van der Waals surface area contributed by atoms with Crippen molar-refractivity contribution in [2.45, 2.75) is 45.1 Å². The van der Waals surface area contributed by atoms with Gasteiger partial charge in [-0.1, -0.05) is 6.42 Å². The molecule has 0 amide bonds. The van der Waals surface area contributed by atoms with Crippen molar-refractivity contribution < 1.29 is 4.79 Å². The molecular formula is C13H20BrN3O. The molecule has 1 heterocycles. The summed E-state index contributed by atoms with van der Waals surface area (Å²) in [5.41, 5.74) is 7.84. The topological polar surface area (TPSA) is 60.9 Å². The first-order chi connectivity index (χ1) is 8.49. The number of aryl methyl sites for hydroxylation is 2. The number of Topliss-reactive ketones (excluding diaryl/α,β-unsaturated/α-hetero) is 1. The Morgan fingerprint density at radius 1 is 1.56 bits per heavy atom. The van der Waals surface area contributed by atoms with Gasteiger partial charge in [-0.15, -0.1) is 0 Å². The van der Waals surface area contributed by atoms with Crippen molar-refractivity contribution in [3.05, 3.63) is 15.9 Å². The summed E-state index contributed by atoms with van der Waals surface area (Å²) in [5.74, 6) is 0.435. The van der Waals surface area contributed by atoms with E-state index in [1.54, 1.807) is 4.68 Å². The fourth-order valence-corrected chi connectivity index (χ4v) is 3.18. The summed E-state index contributed by atoms with van der Waals surface area (Å²) in [6, 6.07) is 0.199. The minimum absolute atomic E-state index is 0.135. The standard InChI is InChI=1S/C13H20BrN3O/c1-8-13(14)11(17(2)16-8)7-12(18)9-4-3-5-10(15)6-9/h9-10H,3-7,15H2,1-2H3. The lowest BCUT2D eigenvalue weighted by Crippen LogP contribution is -2.32. The molecule has 1 aromatic rings. The number of hydrogen-bond acceptors (Lipinski definition) is 3. The number of hydrogen-bond donors (Lipinski definition) is 1. The van der Waals surface area contributed by atoms with E-state index in [2.05, 4.69) is 21.0 Å². The number of carbonyl (C=O) groups is 1. The second-order valence-electron chi connectivity index (χ2n) is 5.24. The molecule has 100 valence electrons. The highest BCUT2D eigenvalue weighted by Gasteiger charge is 2.26. The predicted molar refractivity (Wildman–Crippen MR) is 74.3 cm³/mol. The van der Waals surface area contributed by atoms with Crippen molar-refractivity contribution in [2.24, 2.45) is 18.7 Å². The van der Waals surface area contributed by atoms with Gasteiger partial charge in [0.2, 0.25) is 0 Å². The molecule has 0 saturated heterocycles. The molecule has 1 aliphatic rings. The lowest BCUT2D eigenvalue weighted by atomic mass is 9.82. The van der Waals surface area contributed by atoms with Crippen molar-refractivity contribution in [1.29, 1.82) is 0 Å². The van der Waals surface area contributed by atoms with Gasteiger partial charge >= 0.3 is 0 Å². The maximum atomic E-state index is 12.3. The first-order valence-corrected chi connectivity index (χ1v) is 7.24. The predicted octanol–water partition coefficient (Wildman–Crippen LogP) is 2.12. The van der Waals surface area contributed by atoms with Gasteiger partial charge in [0.1, 0.15) is 5.78 Å². The summed E-state index contributed by atoms with van der Waals surface area (Å²) < 4.78 is 2.75. The van der Waals surface area contributed by atoms with E-state index in [-0.39, 0.29) is 12.0 Å². The fraction of sp³-hybridized carbons (Fsp3) is 0.692. The zero-order valence-electron chi connectivity index (χ0n) is 10.9. The molecule has 2 N–H and O–H groups in total. The van der Waals surface area contributed by atoms with Crippen LogP contribution in [0.4, 0.5) is 0 Å². The Morgan fingerprint density at radius 2 is 2.28 bits per heavy atom. The number of aromatic nitrogens is 2. The molecule has 1 saturated carbocycles. The monoisotopic (exact) mass is 313 g/mol. The third-order valence-electron chi connectivity index (χ3n) is 3.77. The van der Waals surface area contributed by atoms with E-state index in [4.69, 9.17) is 5.73 Å². The Morgan fingerprint density at radius 3 is 2.83 bits per heavy atom. The Kier molecular flexibility index (Phi) is 4.22. The molecule has 0 radical (unpaired) electrons. The van der Waals surface area contributed by atoms with Gasteiger partial charge in [0, 0.05) is 25.4 Å². The quantitative estimate of drug-likeness (QED) is 0.929. The minimum atomic E-state index is 0.135. The second kappa shape index (κ2) is 5.53. The number of halogens is 1. The van der Waals surface area contributed by atoms with Crippen molar-refractivity contribution in [1.82, 2.24) is 9.78 Å². The zero-order chi connectivity index (χ0) is 13.3. The maximum Gasteiger partial charge on any atom is 0.141 e. The Balaban J connectivity index is 2.06. The third kappa shape index (κ3) is 2.83. The van der Waals surface area contributed by atoms with Gasteiger partial charge in [-0.05, 0) is 42.1 Å². The summed E-state index contributed by atoms with van der Waals surface area (Å²) in [4.78, 5) is 12.3. The van der Waals surface area contributed by atoms with Gasteiger partial charge in [0.15, 0.2) is 0 Å². The van der Waals surface area contributed by atoms with Crippen LogP contribution in [0.25, 0.3) is 0 Å². The molecule has 1 aromatic heterocycles. The average molecular weight is 314 g/mol. The molecule has 1 aliphatic carbocycles. The first-order valence-electron chi connectivity index (χ1n) is 6.45. The maximum absolute atomic E-state index is 12.3. The van der Waals surface area contributed by atoms with E-state index >= 15 is 0 Å². The molecule has 0 aliphatic heterocycles. The van der Waals surface area contributed by atoms with Crippen LogP contribution in [-0.2, 0) is 18.3 Å². The van der Waals surface area contributed by atoms with Gasteiger partial charge in [-0.2, -0.15) is 5.10 Å². The van der Waals surface area contributed by atoms with Crippen LogP contribution < -0.4 is 5.73 Å². The van der Waals surface area contributed by atoms with Gasteiger partial charge in [-0.25, -0.2) is 0 Å². The highest BCUT2D eigenvalue weighted by Crippen LogP contribution is 2.27. The number of ketones is 1. The molecular weight excluding hydrogens is 294 g/mol. The molecule has 1 fully saturated rings. The highest BCUT2D eigenvalue weighted by atomic mass is 79.9. The molecule has 2 rings (SSSR count). The van der Waals surface area contributed by atoms with Gasteiger partial charge < -0.3 is 5.73 Å². The van der Waals surface area contributed by atoms with Crippen LogP contribution in [0.15, 0.2) is 4.47 Å². The number of nitrogens with two attached hydrogens (primary N) is 1. The average Bonchev–Trinajstić information content (AvgIpc) is 2.56. The summed E-state index contributed by atoms with van der Waals surface area (Å²) in [7, 11) is 1.88. The van der Waals surface area contributed by atoms with E-state index in [9.17, 15) is 4.79 Å². The van der Waals surface area contributed by atoms with E-state index < -0.39 is 0 Å². The SMILES string of the molecule is Cc1nn(C)c(CC(=O)C2CCCC(N)C2)c1Br. The lowest BCUT2D eigenvalue weighted by Gasteiger charge is -2.25. The van der Waals surface area contributed by atoms with Crippen LogP contribution >= 0.6 is 15.9 Å². The van der Waals surface area contributed by atoms with E-state index in [1.165, 1.54) is 0 Å². The number of rotatable bonds is 3. The highest BCUT2D eigenvalue weighted by molar-refractivity contribution is 9.10. The van der Waals surface area contributed by atoms with Gasteiger partial charge in [0.25, 0.3) is 0 Å². The Bertz CT molecular complexity index is 455. The van der Waals surface area contributed by atoms with Gasteiger partial charge in [-0.3, -0.25) is 9.48 Å². The van der Waals surface area contributed by atoms with Crippen molar-refractivity contribution in [3.63, 3.8) is 0 Å². The molecule has 2 unspecified atom stereocenters. The Hall–Kier alpha value is -0.680. The molecule has 18 heavy (non-hydrogen) atoms. The molecule has 0 spiro atoms. The van der Waals surface area contributed by atoms with Gasteiger partial charge in [0.05, 0.1) is 15.9 Å². The van der Waals surface area contributed by atoms with Crippen molar-refractivity contribution in [3.8, 4) is 0 Å². The number of nitrogens with zero attached hydrogens (tertiary/aromatic N) is 2. The summed E-state index contributed by atoms with van der Waals surface area (Å²) in [6.45, 7) is 1.94. The molecule has 5 heteroatoms. The van der Waals surface area contributed by atoms with Crippen molar-refractivity contribution in [2.75, 3.05) is 0 Å².